The van der Waals surface area contributed by atoms with E-state index >= 15 is 0 Å². The predicted octanol–water partition coefficient (Wildman–Crippen LogP) is 1.26. The van der Waals surface area contributed by atoms with E-state index < -0.39 is 0 Å². The van der Waals surface area contributed by atoms with Crippen molar-refractivity contribution in [1.29, 1.82) is 0 Å². The standard InChI is InChI=1S/C4H9O.Pr.Ti/c1-4(2,3)5;;/h1-3H3;;/q-1;+1;. The molecule has 0 saturated carbocycles. The Kier molecular flexibility index (Phi) is 8.21. The summed E-state index contributed by atoms with van der Waals surface area (Å²) in [6.45, 7) is 6.19. The number of hydrogen-bond acceptors (Lipinski definition) is 1. The van der Waals surface area contributed by atoms with Crippen LogP contribution in [0.1, 0.15) is 20.8 Å². The Labute approximate surface area is 87.5 Å². The topological polar surface area (TPSA) is 9.23 Å². The van der Waals surface area contributed by atoms with Crippen molar-refractivity contribution < 1.29 is 62.5 Å². The van der Waals surface area contributed by atoms with Crippen LogP contribution in [0.2, 0.25) is 0 Å². The maximum absolute atomic E-state index is 5.10. The van der Waals surface area contributed by atoms with Gasteiger partial charge in [-0.05, 0) is 0 Å². The van der Waals surface area contributed by atoms with Crippen molar-refractivity contribution in [3.63, 3.8) is 0 Å². The average Bonchev–Trinajstić information content (AvgIpc) is 1.35. The van der Waals surface area contributed by atoms with Crippen molar-refractivity contribution in [2.75, 3.05) is 0 Å². The van der Waals surface area contributed by atoms with Crippen molar-refractivity contribution >= 4 is 0 Å². The van der Waals surface area contributed by atoms with Crippen LogP contribution in [0.4, 0.5) is 0 Å². The van der Waals surface area contributed by atoms with Gasteiger partial charge in [0.05, 0.1) is 0 Å². The van der Waals surface area contributed by atoms with E-state index in [4.69, 9.17) is 1.01 Å². The minimum atomic E-state index is 0. The number of rotatable bonds is 0. The average molecular weight is 262 g/mol. The number of hydrogen-bond donors (Lipinski definition) is 0. The molecule has 3 heteroatoms. The maximum atomic E-state index is 5.10. The van der Waals surface area contributed by atoms with Gasteiger partial charge in [0.25, 0.3) is 0 Å². The first-order chi connectivity index (χ1) is 2.56. The molecule has 0 atom stereocenters. The van der Waals surface area contributed by atoms with Gasteiger partial charge in [0.2, 0.25) is 0 Å². The van der Waals surface area contributed by atoms with E-state index in [1.807, 2.05) is 0 Å². The minimum absolute atomic E-state index is 0. The quantitative estimate of drug-likeness (QED) is 0.597. The molecule has 38 valence electrons. The molecule has 0 aromatic carbocycles. The summed E-state index contributed by atoms with van der Waals surface area (Å²) < 4.78 is 5.10. The first kappa shape index (κ1) is 11.8. The van der Waals surface area contributed by atoms with E-state index in [1.54, 1.807) is 0 Å². The Morgan fingerprint density at radius 3 is 1.43 bits per heavy atom. The third-order valence-corrected chi connectivity index (χ3v) is 2.62. The van der Waals surface area contributed by atoms with E-state index in [2.05, 4.69) is 20.8 Å². The summed E-state index contributed by atoms with van der Waals surface area (Å²) in [5.74, 6) is 0. The fourth-order valence-electron chi connectivity index (χ4n) is 0. The van der Waals surface area contributed by atoms with Gasteiger partial charge in [-0.2, -0.15) is 0 Å². The van der Waals surface area contributed by atoms with Crippen LogP contribution >= 0.6 is 0 Å². The van der Waals surface area contributed by atoms with Crippen molar-refractivity contribution in [2.45, 2.75) is 26.4 Å². The summed E-state index contributed by atoms with van der Waals surface area (Å²) in [6, 6.07) is 0. The molecule has 0 aromatic rings. The Morgan fingerprint density at radius 2 is 1.43 bits per heavy atom. The molecule has 0 aromatic heterocycles. The van der Waals surface area contributed by atoms with Crippen molar-refractivity contribution in [2.24, 2.45) is 0 Å². The van der Waals surface area contributed by atoms with Crippen LogP contribution in [-0.4, -0.2) is 5.60 Å². The second-order valence-electron chi connectivity index (χ2n) is 2.23. The van der Waals surface area contributed by atoms with Gasteiger partial charge in [-0.15, -0.1) is 0 Å². The van der Waals surface area contributed by atoms with Crippen LogP contribution in [-0.2, 0) is 22.7 Å². The molecule has 0 spiro atoms. The van der Waals surface area contributed by atoms with Crippen molar-refractivity contribution in [1.82, 2.24) is 0 Å². The van der Waals surface area contributed by atoms with Gasteiger partial charge in [-0.3, -0.25) is 0 Å². The van der Waals surface area contributed by atoms with E-state index in [0.717, 1.165) is 0 Å². The van der Waals surface area contributed by atoms with Gasteiger partial charge < -0.3 is 0 Å². The van der Waals surface area contributed by atoms with Gasteiger partial charge in [-0.25, -0.2) is 0 Å². The smallest absolute Gasteiger partial charge is 0 e. The molecule has 0 radical (unpaired) electrons. The normalized spacial score (nSPS) is 10.0. The Balaban J connectivity index is 0. The fourth-order valence-corrected chi connectivity index (χ4v) is 0. The summed E-state index contributed by atoms with van der Waals surface area (Å²) in [6.07, 6.45) is 0. The molecule has 0 unspecified atom stereocenters. The molecule has 0 N–H and O–H groups in total. The first-order valence-electron chi connectivity index (χ1n) is 1.94. The Hall–Kier alpha value is 2.04. The molecule has 1 nitrogen and oxygen atoms in total. The van der Waals surface area contributed by atoms with Crippen molar-refractivity contribution in [3.8, 4) is 0 Å². The summed E-state index contributed by atoms with van der Waals surface area (Å²) in [5, 5.41) is 0. The fraction of sp³-hybridized carbons (Fsp3) is 1.00. The third-order valence-electron chi connectivity index (χ3n) is 0.354. The minimum Gasteiger partial charge on any atom is 0 e. The molecule has 0 amide bonds. The Bertz CT molecular complexity index is 41.4. The Morgan fingerprint density at radius 1 is 1.29 bits per heavy atom. The van der Waals surface area contributed by atoms with Crippen molar-refractivity contribution in [3.05, 3.63) is 0 Å². The molecule has 7 heavy (non-hydrogen) atoms. The third kappa shape index (κ3) is 11.5. The molecule has 0 heterocycles. The van der Waals surface area contributed by atoms with E-state index in [-0.39, 0.29) is 27.3 Å². The van der Waals surface area contributed by atoms with E-state index in [1.165, 1.54) is 0 Å². The molecule has 0 bridgehead atoms. The zero-order chi connectivity index (χ0) is 5.21. The van der Waals surface area contributed by atoms with Crippen LogP contribution in [0.3, 0.4) is 0 Å². The van der Waals surface area contributed by atoms with Gasteiger partial charge in [0, 0.05) is 21.7 Å². The second kappa shape index (κ2) is 4.87. The molecule has 0 aliphatic heterocycles. The predicted molar refractivity (Wildman–Crippen MR) is 20.8 cm³/mol. The summed E-state index contributed by atoms with van der Waals surface area (Å²) >= 11 is 0.676. The summed E-state index contributed by atoms with van der Waals surface area (Å²) in [4.78, 5) is 0. The second-order valence-corrected chi connectivity index (χ2v) is 2.99. The van der Waals surface area contributed by atoms with Gasteiger partial charge in [0.15, 0.2) is 0 Å². The summed E-state index contributed by atoms with van der Waals surface area (Å²) in [5.41, 5.74) is 0.116. The SMILES string of the molecule is CC(C)(C)[O][Pr].[Ti]. The van der Waals surface area contributed by atoms with E-state index in [0.29, 0.717) is 39.8 Å². The monoisotopic (exact) mass is 262 g/mol. The van der Waals surface area contributed by atoms with Crippen LogP contribution in [0.15, 0.2) is 0 Å². The molecule has 0 aliphatic carbocycles. The molecular weight excluding hydrogens is 253 g/mol. The van der Waals surface area contributed by atoms with Crippen LogP contribution in [0.25, 0.3) is 0 Å². The van der Waals surface area contributed by atoms with Crippen LogP contribution in [0.5, 0.6) is 0 Å². The zero-order valence-corrected chi connectivity index (χ0v) is 10.3. The summed E-state index contributed by atoms with van der Waals surface area (Å²) in [7, 11) is 0. The van der Waals surface area contributed by atoms with E-state index in [9.17, 15) is 0 Å². The molecule has 0 fully saturated rings. The first-order valence-corrected chi connectivity index (χ1v) is 3.45. The van der Waals surface area contributed by atoms with Gasteiger partial charge in [-0.1, -0.05) is 0 Å². The van der Waals surface area contributed by atoms with Crippen LogP contribution in [0, 0.1) is 39.8 Å². The van der Waals surface area contributed by atoms with Gasteiger partial charge in [0.1, 0.15) is 0 Å². The maximum Gasteiger partial charge on any atom is 0 e. The molecule has 0 aliphatic rings. The zero-order valence-electron chi connectivity index (χ0n) is 4.99. The van der Waals surface area contributed by atoms with Crippen LogP contribution < -0.4 is 0 Å². The molecular formula is C4H9OPrTi. The largest absolute Gasteiger partial charge is 0 e. The van der Waals surface area contributed by atoms with Gasteiger partial charge >= 0.3 is 67.2 Å². The molecule has 0 saturated heterocycles. The molecule has 0 rings (SSSR count).